The van der Waals surface area contributed by atoms with Crippen molar-refractivity contribution in [1.82, 2.24) is 4.98 Å². The van der Waals surface area contributed by atoms with E-state index in [0.717, 1.165) is 11.8 Å². The van der Waals surface area contributed by atoms with Crippen molar-refractivity contribution in [3.8, 4) is 0 Å². The van der Waals surface area contributed by atoms with E-state index in [1.165, 1.54) is 24.1 Å². The lowest BCUT2D eigenvalue weighted by Crippen LogP contribution is -2.38. The summed E-state index contributed by atoms with van der Waals surface area (Å²) in [4.78, 5) is 4.15. The first-order valence-electron chi connectivity index (χ1n) is 5.84. The summed E-state index contributed by atoms with van der Waals surface area (Å²) in [6.07, 6.45) is 6.40. The van der Waals surface area contributed by atoms with E-state index >= 15 is 0 Å². The Morgan fingerprint density at radius 1 is 1.40 bits per heavy atom. The van der Waals surface area contributed by atoms with Gasteiger partial charge in [-0.05, 0) is 43.2 Å². The van der Waals surface area contributed by atoms with Crippen LogP contribution in [0.2, 0.25) is 0 Å². The van der Waals surface area contributed by atoms with E-state index in [4.69, 9.17) is 0 Å². The molecule has 0 saturated heterocycles. The van der Waals surface area contributed by atoms with Gasteiger partial charge in [0.15, 0.2) is 0 Å². The second kappa shape index (κ2) is 4.21. The van der Waals surface area contributed by atoms with Crippen molar-refractivity contribution in [2.45, 2.75) is 39.7 Å². The van der Waals surface area contributed by atoms with Gasteiger partial charge in [0.25, 0.3) is 0 Å². The molecular formula is C13H20N2. The van der Waals surface area contributed by atoms with Crippen LogP contribution in [0, 0.1) is 18.8 Å². The summed E-state index contributed by atoms with van der Waals surface area (Å²) in [5.41, 5.74) is 2.49. The highest BCUT2D eigenvalue weighted by Gasteiger charge is 2.31. The van der Waals surface area contributed by atoms with Crippen molar-refractivity contribution in [1.29, 1.82) is 0 Å². The predicted molar refractivity (Wildman–Crippen MR) is 63.9 cm³/mol. The minimum Gasteiger partial charge on any atom is -0.381 e. The maximum absolute atomic E-state index is 4.15. The lowest BCUT2D eigenvalue weighted by atomic mass is 9.73. The number of rotatable bonds is 3. The molecule has 0 aliphatic heterocycles. The van der Waals surface area contributed by atoms with Crippen LogP contribution in [0.25, 0.3) is 0 Å². The number of hydrogen-bond acceptors (Lipinski definition) is 2. The highest BCUT2D eigenvalue weighted by molar-refractivity contribution is 5.49. The van der Waals surface area contributed by atoms with Crippen LogP contribution in [0.1, 0.15) is 32.3 Å². The Labute approximate surface area is 92.1 Å². The molecule has 0 spiro atoms. The molecule has 82 valence electrons. The standard InChI is InChI=1S/C13H20N2/c1-9(2)11-6-12(7-11)15-13-8-14-5-4-10(13)3/h4-5,8-9,11-12,15H,6-7H2,1-3H3. The maximum Gasteiger partial charge on any atom is 0.0558 e. The number of aromatic nitrogens is 1. The first-order valence-corrected chi connectivity index (χ1v) is 5.84. The third-order valence-electron chi connectivity index (χ3n) is 3.52. The summed E-state index contributed by atoms with van der Waals surface area (Å²) < 4.78 is 0. The van der Waals surface area contributed by atoms with Gasteiger partial charge in [-0.25, -0.2) is 0 Å². The number of hydrogen-bond donors (Lipinski definition) is 1. The molecule has 1 N–H and O–H groups in total. The molecule has 2 heteroatoms. The molecule has 0 atom stereocenters. The molecule has 0 bridgehead atoms. The zero-order chi connectivity index (χ0) is 10.8. The molecule has 1 fully saturated rings. The fraction of sp³-hybridized carbons (Fsp3) is 0.615. The molecule has 2 nitrogen and oxygen atoms in total. The molecule has 1 saturated carbocycles. The van der Waals surface area contributed by atoms with E-state index < -0.39 is 0 Å². The molecule has 1 heterocycles. The molecule has 1 aromatic heterocycles. The number of pyridine rings is 1. The highest BCUT2D eigenvalue weighted by Crippen LogP contribution is 2.35. The summed E-state index contributed by atoms with van der Waals surface area (Å²) in [6, 6.07) is 2.72. The zero-order valence-electron chi connectivity index (χ0n) is 9.83. The third kappa shape index (κ3) is 2.31. The second-order valence-electron chi connectivity index (χ2n) is 5.01. The summed E-state index contributed by atoms with van der Waals surface area (Å²) in [7, 11) is 0. The van der Waals surface area contributed by atoms with E-state index in [1.54, 1.807) is 0 Å². The molecule has 2 rings (SSSR count). The summed E-state index contributed by atoms with van der Waals surface area (Å²) >= 11 is 0. The van der Waals surface area contributed by atoms with Crippen LogP contribution in [0.5, 0.6) is 0 Å². The average molecular weight is 204 g/mol. The number of aryl methyl sites for hydroxylation is 1. The lowest BCUT2D eigenvalue weighted by Gasteiger charge is -2.39. The van der Waals surface area contributed by atoms with Crippen LogP contribution in [0.15, 0.2) is 18.5 Å². The van der Waals surface area contributed by atoms with Crippen molar-refractivity contribution in [3.05, 3.63) is 24.0 Å². The van der Waals surface area contributed by atoms with Crippen LogP contribution < -0.4 is 5.32 Å². The Hall–Kier alpha value is -1.05. The van der Waals surface area contributed by atoms with Crippen LogP contribution in [-0.4, -0.2) is 11.0 Å². The molecule has 1 aliphatic rings. The fourth-order valence-corrected chi connectivity index (χ4v) is 2.16. The van der Waals surface area contributed by atoms with Gasteiger partial charge < -0.3 is 5.32 Å². The first-order chi connectivity index (χ1) is 7.16. The van der Waals surface area contributed by atoms with Crippen molar-refractivity contribution >= 4 is 5.69 Å². The highest BCUT2D eigenvalue weighted by atomic mass is 14.9. The van der Waals surface area contributed by atoms with E-state index in [1.807, 2.05) is 12.4 Å². The van der Waals surface area contributed by atoms with Crippen molar-refractivity contribution in [2.24, 2.45) is 11.8 Å². The predicted octanol–water partition coefficient (Wildman–Crippen LogP) is 3.24. The van der Waals surface area contributed by atoms with Crippen molar-refractivity contribution in [3.63, 3.8) is 0 Å². The number of anilines is 1. The normalized spacial score (nSPS) is 25.1. The van der Waals surface area contributed by atoms with Gasteiger partial charge in [0.05, 0.1) is 11.9 Å². The van der Waals surface area contributed by atoms with E-state index in [-0.39, 0.29) is 0 Å². The molecule has 0 radical (unpaired) electrons. The molecule has 1 aliphatic carbocycles. The molecule has 0 unspecified atom stereocenters. The number of nitrogens with zero attached hydrogens (tertiary/aromatic N) is 1. The van der Waals surface area contributed by atoms with Gasteiger partial charge >= 0.3 is 0 Å². The lowest BCUT2D eigenvalue weighted by molar-refractivity contribution is 0.211. The Balaban J connectivity index is 1.88. The molecule has 0 aromatic carbocycles. The van der Waals surface area contributed by atoms with Gasteiger partial charge in [-0.2, -0.15) is 0 Å². The van der Waals surface area contributed by atoms with Gasteiger partial charge in [-0.1, -0.05) is 13.8 Å². The van der Waals surface area contributed by atoms with Gasteiger partial charge in [0.1, 0.15) is 0 Å². The quantitative estimate of drug-likeness (QED) is 0.817. The van der Waals surface area contributed by atoms with E-state index in [0.29, 0.717) is 6.04 Å². The molecular weight excluding hydrogens is 184 g/mol. The van der Waals surface area contributed by atoms with Crippen molar-refractivity contribution in [2.75, 3.05) is 5.32 Å². The van der Waals surface area contributed by atoms with Crippen LogP contribution in [0.4, 0.5) is 5.69 Å². The zero-order valence-corrected chi connectivity index (χ0v) is 9.83. The third-order valence-corrected chi connectivity index (χ3v) is 3.52. The smallest absolute Gasteiger partial charge is 0.0558 e. The Morgan fingerprint density at radius 3 is 2.73 bits per heavy atom. The Kier molecular flexibility index (Phi) is 2.94. The maximum atomic E-state index is 4.15. The van der Waals surface area contributed by atoms with Crippen LogP contribution in [0.3, 0.4) is 0 Å². The Morgan fingerprint density at radius 2 is 2.13 bits per heavy atom. The molecule has 15 heavy (non-hydrogen) atoms. The van der Waals surface area contributed by atoms with Crippen molar-refractivity contribution < 1.29 is 0 Å². The molecule has 1 aromatic rings. The minimum atomic E-state index is 0.667. The molecule has 0 amide bonds. The van der Waals surface area contributed by atoms with Gasteiger partial charge in [-0.3, -0.25) is 4.98 Å². The monoisotopic (exact) mass is 204 g/mol. The summed E-state index contributed by atoms with van der Waals surface area (Å²) in [6.45, 7) is 6.76. The SMILES string of the molecule is Cc1ccncc1NC1CC(C(C)C)C1. The average Bonchev–Trinajstić information content (AvgIpc) is 2.12. The van der Waals surface area contributed by atoms with Crippen LogP contribution >= 0.6 is 0 Å². The fourth-order valence-electron chi connectivity index (χ4n) is 2.16. The number of nitrogens with one attached hydrogen (secondary N) is 1. The van der Waals surface area contributed by atoms with Gasteiger partial charge in [0.2, 0.25) is 0 Å². The first kappa shape index (κ1) is 10.5. The Bertz CT molecular complexity index is 327. The van der Waals surface area contributed by atoms with E-state index in [9.17, 15) is 0 Å². The minimum absolute atomic E-state index is 0.667. The second-order valence-corrected chi connectivity index (χ2v) is 5.01. The summed E-state index contributed by atoms with van der Waals surface area (Å²) in [5.74, 6) is 1.75. The summed E-state index contributed by atoms with van der Waals surface area (Å²) in [5, 5.41) is 3.57. The topological polar surface area (TPSA) is 24.9 Å². The largest absolute Gasteiger partial charge is 0.381 e. The van der Waals surface area contributed by atoms with Gasteiger partial charge in [-0.15, -0.1) is 0 Å². The van der Waals surface area contributed by atoms with E-state index in [2.05, 4.69) is 37.1 Å². The van der Waals surface area contributed by atoms with Gasteiger partial charge in [0, 0.05) is 12.2 Å². The van der Waals surface area contributed by atoms with Crippen LogP contribution in [-0.2, 0) is 0 Å².